The predicted molar refractivity (Wildman–Crippen MR) is 98.0 cm³/mol. The minimum absolute atomic E-state index is 0. The number of methoxy groups -OCH3 is 2. The van der Waals surface area contributed by atoms with Gasteiger partial charge in [0.05, 0.1) is 14.2 Å². The van der Waals surface area contributed by atoms with E-state index >= 15 is 0 Å². The molecule has 1 heterocycles. The molecule has 0 spiro atoms. The fraction of sp³-hybridized carbons (Fsp3) is 0.438. The van der Waals surface area contributed by atoms with Crippen LogP contribution in [-0.2, 0) is 0 Å². The number of nitrogens with one attached hydrogen (secondary N) is 1. The molecule has 0 saturated heterocycles. The van der Waals surface area contributed by atoms with Crippen molar-refractivity contribution in [1.82, 2.24) is 10.2 Å². The lowest BCUT2D eigenvalue weighted by Crippen LogP contribution is -2.12. The molecule has 1 aromatic heterocycles. The van der Waals surface area contributed by atoms with Gasteiger partial charge in [-0.1, -0.05) is 25.2 Å². The Balaban J connectivity index is 0.00000288. The van der Waals surface area contributed by atoms with Gasteiger partial charge in [-0.3, -0.25) is 10.1 Å². The Morgan fingerprint density at radius 3 is 2.21 bits per heavy atom. The summed E-state index contributed by atoms with van der Waals surface area (Å²) >= 11 is 1.42. The molecule has 0 aliphatic heterocycles. The van der Waals surface area contributed by atoms with E-state index < -0.39 is 0 Å². The fourth-order valence-corrected chi connectivity index (χ4v) is 3.20. The summed E-state index contributed by atoms with van der Waals surface area (Å²) in [5, 5.41) is 12.5. The lowest BCUT2D eigenvalue weighted by molar-refractivity contribution is 0.102. The number of hydrogen-bond donors (Lipinski definition) is 1. The molecule has 0 bridgehead atoms. The van der Waals surface area contributed by atoms with Crippen molar-refractivity contribution in [1.29, 1.82) is 0 Å². The molecule has 6 nitrogen and oxygen atoms in total. The number of nitrogens with zero attached hydrogens (tertiary/aromatic N) is 2. The summed E-state index contributed by atoms with van der Waals surface area (Å²) < 4.78 is 10.4. The number of carbonyl (C=O) groups is 1. The SMILES string of the molecule is CCC(CC)c1nnc(NC(=O)c2cc(OC)cc(OC)c2)s1.Cl. The van der Waals surface area contributed by atoms with Gasteiger partial charge in [-0.15, -0.1) is 22.6 Å². The van der Waals surface area contributed by atoms with Crippen molar-refractivity contribution >= 4 is 34.8 Å². The van der Waals surface area contributed by atoms with E-state index in [1.54, 1.807) is 32.4 Å². The van der Waals surface area contributed by atoms with Crippen molar-refractivity contribution in [2.45, 2.75) is 32.6 Å². The van der Waals surface area contributed by atoms with E-state index in [4.69, 9.17) is 9.47 Å². The molecule has 1 aromatic carbocycles. The van der Waals surface area contributed by atoms with E-state index in [0.29, 0.717) is 28.1 Å². The number of hydrogen-bond acceptors (Lipinski definition) is 6. The monoisotopic (exact) mass is 371 g/mol. The van der Waals surface area contributed by atoms with Gasteiger partial charge in [0.2, 0.25) is 5.13 Å². The number of rotatable bonds is 7. The molecule has 0 fully saturated rings. The fourth-order valence-electron chi connectivity index (χ4n) is 2.20. The first-order valence-corrected chi connectivity index (χ1v) is 8.30. The maximum absolute atomic E-state index is 12.4. The number of carbonyl (C=O) groups excluding carboxylic acids is 1. The van der Waals surface area contributed by atoms with E-state index in [1.165, 1.54) is 11.3 Å². The van der Waals surface area contributed by atoms with Crippen LogP contribution in [0.4, 0.5) is 5.13 Å². The summed E-state index contributed by atoms with van der Waals surface area (Å²) in [6.07, 6.45) is 2.01. The average molecular weight is 372 g/mol. The molecule has 24 heavy (non-hydrogen) atoms. The van der Waals surface area contributed by atoms with Crippen molar-refractivity contribution in [3.63, 3.8) is 0 Å². The van der Waals surface area contributed by atoms with E-state index in [1.807, 2.05) is 0 Å². The van der Waals surface area contributed by atoms with Crippen LogP contribution in [0.3, 0.4) is 0 Å². The Hall–Kier alpha value is -1.86. The van der Waals surface area contributed by atoms with Gasteiger partial charge in [0.1, 0.15) is 16.5 Å². The highest BCUT2D eigenvalue weighted by molar-refractivity contribution is 7.15. The molecule has 1 N–H and O–H groups in total. The Kier molecular flexibility index (Phi) is 7.94. The third-order valence-corrected chi connectivity index (χ3v) is 4.61. The molecule has 0 aliphatic carbocycles. The second-order valence-corrected chi connectivity index (χ2v) is 6.02. The molecule has 0 atom stereocenters. The third-order valence-electron chi connectivity index (χ3n) is 3.61. The predicted octanol–water partition coefficient (Wildman–Crippen LogP) is 4.13. The second-order valence-electron chi connectivity index (χ2n) is 5.01. The number of aromatic nitrogens is 2. The van der Waals surface area contributed by atoms with Gasteiger partial charge < -0.3 is 9.47 Å². The van der Waals surface area contributed by atoms with Crippen LogP contribution in [0, 0.1) is 0 Å². The minimum atomic E-state index is -0.269. The molecule has 8 heteroatoms. The number of amides is 1. The maximum Gasteiger partial charge on any atom is 0.257 e. The van der Waals surface area contributed by atoms with Crippen LogP contribution >= 0.6 is 23.7 Å². The first kappa shape index (κ1) is 20.2. The molecule has 0 radical (unpaired) electrons. The largest absolute Gasteiger partial charge is 0.497 e. The number of ether oxygens (including phenoxy) is 2. The van der Waals surface area contributed by atoms with Gasteiger partial charge in [-0.2, -0.15) is 0 Å². The van der Waals surface area contributed by atoms with Gasteiger partial charge >= 0.3 is 0 Å². The van der Waals surface area contributed by atoms with E-state index in [-0.39, 0.29) is 18.3 Å². The molecule has 0 aliphatic rings. The smallest absolute Gasteiger partial charge is 0.257 e. The van der Waals surface area contributed by atoms with Crippen LogP contribution in [0.2, 0.25) is 0 Å². The molecule has 0 unspecified atom stereocenters. The summed E-state index contributed by atoms with van der Waals surface area (Å²) in [6, 6.07) is 5.02. The molecule has 0 saturated carbocycles. The van der Waals surface area contributed by atoms with Gasteiger partial charge in [0, 0.05) is 17.5 Å². The van der Waals surface area contributed by atoms with Gasteiger partial charge in [-0.05, 0) is 25.0 Å². The Bertz CT molecular complexity index is 652. The Morgan fingerprint density at radius 2 is 1.71 bits per heavy atom. The number of halogens is 1. The standard InChI is InChI=1S/C16H21N3O3S.ClH/c1-5-10(6-2)15-18-19-16(23-15)17-14(20)11-7-12(21-3)9-13(8-11)22-4;/h7-10H,5-6H2,1-4H3,(H,17,19,20);1H. The van der Waals surface area contributed by atoms with Crippen molar-refractivity contribution in [2.24, 2.45) is 0 Å². The highest BCUT2D eigenvalue weighted by atomic mass is 35.5. The topological polar surface area (TPSA) is 73.3 Å². The van der Waals surface area contributed by atoms with E-state index in [9.17, 15) is 4.79 Å². The highest BCUT2D eigenvalue weighted by Crippen LogP contribution is 2.29. The third kappa shape index (κ3) is 4.82. The molecule has 2 rings (SSSR count). The van der Waals surface area contributed by atoms with Gasteiger partial charge in [-0.25, -0.2) is 0 Å². The number of anilines is 1. The minimum Gasteiger partial charge on any atom is -0.497 e. The second kappa shape index (κ2) is 9.44. The molecular formula is C16H22ClN3O3S. The zero-order valence-corrected chi connectivity index (χ0v) is 15.8. The first-order chi connectivity index (χ1) is 11.1. The van der Waals surface area contributed by atoms with Gasteiger partial charge in [0.15, 0.2) is 0 Å². The molecule has 132 valence electrons. The van der Waals surface area contributed by atoms with Crippen molar-refractivity contribution in [3.05, 3.63) is 28.8 Å². The zero-order valence-electron chi connectivity index (χ0n) is 14.2. The Morgan fingerprint density at radius 1 is 1.12 bits per heavy atom. The quantitative estimate of drug-likeness (QED) is 0.792. The normalized spacial score (nSPS) is 10.2. The molecule has 1 amide bonds. The summed E-state index contributed by atoms with van der Waals surface area (Å²) in [4.78, 5) is 12.4. The van der Waals surface area contributed by atoms with Crippen LogP contribution in [0.5, 0.6) is 11.5 Å². The van der Waals surface area contributed by atoms with Gasteiger partial charge in [0.25, 0.3) is 5.91 Å². The first-order valence-electron chi connectivity index (χ1n) is 7.49. The van der Waals surface area contributed by atoms with Crippen molar-refractivity contribution in [3.8, 4) is 11.5 Å². The number of benzene rings is 1. The lowest BCUT2D eigenvalue weighted by Gasteiger charge is -2.08. The zero-order chi connectivity index (χ0) is 16.8. The summed E-state index contributed by atoms with van der Waals surface area (Å²) in [5.41, 5.74) is 0.445. The van der Waals surface area contributed by atoms with Crippen molar-refractivity contribution in [2.75, 3.05) is 19.5 Å². The van der Waals surface area contributed by atoms with E-state index in [0.717, 1.165) is 17.8 Å². The lowest BCUT2D eigenvalue weighted by atomic mass is 10.1. The van der Waals surface area contributed by atoms with Crippen LogP contribution < -0.4 is 14.8 Å². The molecule has 2 aromatic rings. The van der Waals surface area contributed by atoms with Crippen LogP contribution in [0.1, 0.15) is 48.0 Å². The highest BCUT2D eigenvalue weighted by Gasteiger charge is 2.16. The van der Waals surface area contributed by atoms with E-state index in [2.05, 4.69) is 29.4 Å². The Labute approximate surface area is 152 Å². The van der Waals surface area contributed by atoms with Crippen LogP contribution in [0.15, 0.2) is 18.2 Å². The summed E-state index contributed by atoms with van der Waals surface area (Å²) in [7, 11) is 3.09. The summed E-state index contributed by atoms with van der Waals surface area (Å²) in [5.74, 6) is 1.23. The van der Waals surface area contributed by atoms with Crippen LogP contribution in [-0.4, -0.2) is 30.3 Å². The average Bonchev–Trinajstić information content (AvgIpc) is 3.03. The summed E-state index contributed by atoms with van der Waals surface area (Å²) in [6.45, 7) is 4.24. The maximum atomic E-state index is 12.4. The van der Waals surface area contributed by atoms with Crippen molar-refractivity contribution < 1.29 is 14.3 Å². The molecular weight excluding hydrogens is 350 g/mol. The van der Waals surface area contributed by atoms with Crippen LogP contribution in [0.25, 0.3) is 0 Å².